The van der Waals surface area contributed by atoms with Crippen LogP contribution in [0.4, 0.5) is 11.4 Å². The molecule has 2 aliphatic heterocycles. The van der Waals surface area contributed by atoms with Crippen molar-refractivity contribution in [3.63, 3.8) is 0 Å². The standard InChI is InChI=1S/C15H20N2O2/c1-10-8-13-11(2-3-15(19)16-13)9-14(10)17-6-4-12(18)5-7-17/h8-9,12,18H,2-7H2,1H3,(H,16,19). The summed E-state index contributed by atoms with van der Waals surface area (Å²) in [5.41, 5.74) is 4.64. The fourth-order valence-electron chi connectivity index (χ4n) is 2.97. The topological polar surface area (TPSA) is 52.6 Å². The Balaban J connectivity index is 1.88. The van der Waals surface area contributed by atoms with Crippen molar-refractivity contribution >= 4 is 17.3 Å². The smallest absolute Gasteiger partial charge is 0.224 e. The van der Waals surface area contributed by atoms with Crippen molar-refractivity contribution in [2.24, 2.45) is 0 Å². The molecule has 0 unspecified atom stereocenters. The molecule has 19 heavy (non-hydrogen) atoms. The van der Waals surface area contributed by atoms with Crippen LogP contribution in [-0.2, 0) is 11.2 Å². The van der Waals surface area contributed by atoms with Gasteiger partial charge in [-0.3, -0.25) is 4.79 Å². The molecule has 1 aromatic carbocycles. The van der Waals surface area contributed by atoms with E-state index in [0.717, 1.165) is 38.0 Å². The van der Waals surface area contributed by atoms with Gasteiger partial charge in [0.1, 0.15) is 0 Å². The Morgan fingerprint density at radius 2 is 2.00 bits per heavy atom. The van der Waals surface area contributed by atoms with Crippen LogP contribution in [-0.4, -0.2) is 30.2 Å². The molecule has 1 saturated heterocycles. The second kappa shape index (κ2) is 4.85. The van der Waals surface area contributed by atoms with Crippen molar-refractivity contribution in [2.75, 3.05) is 23.3 Å². The number of carbonyl (C=O) groups excluding carboxylic acids is 1. The number of fused-ring (bicyclic) bond motifs is 1. The number of aryl methyl sites for hydroxylation is 2. The number of anilines is 2. The van der Waals surface area contributed by atoms with Gasteiger partial charge in [0.2, 0.25) is 5.91 Å². The molecule has 0 radical (unpaired) electrons. The van der Waals surface area contributed by atoms with E-state index >= 15 is 0 Å². The Labute approximate surface area is 113 Å². The number of piperidine rings is 1. The van der Waals surface area contributed by atoms with E-state index in [-0.39, 0.29) is 12.0 Å². The molecule has 2 N–H and O–H groups in total. The summed E-state index contributed by atoms with van der Waals surface area (Å²) in [6.45, 7) is 3.90. The first-order valence-electron chi connectivity index (χ1n) is 7.00. The zero-order chi connectivity index (χ0) is 13.4. The lowest BCUT2D eigenvalue weighted by Gasteiger charge is -2.33. The van der Waals surface area contributed by atoms with Crippen LogP contribution in [0.5, 0.6) is 0 Å². The van der Waals surface area contributed by atoms with Crippen molar-refractivity contribution < 1.29 is 9.90 Å². The van der Waals surface area contributed by atoms with Crippen LogP contribution >= 0.6 is 0 Å². The molecular formula is C15H20N2O2. The SMILES string of the molecule is Cc1cc2c(cc1N1CCC(O)CC1)CCC(=O)N2. The highest BCUT2D eigenvalue weighted by molar-refractivity contribution is 5.94. The molecule has 0 saturated carbocycles. The Morgan fingerprint density at radius 1 is 1.26 bits per heavy atom. The van der Waals surface area contributed by atoms with Gasteiger partial charge in [0.25, 0.3) is 0 Å². The van der Waals surface area contributed by atoms with E-state index in [9.17, 15) is 9.90 Å². The number of hydrogen-bond acceptors (Lipinski definition) is 3. The van der Waals surface area contributed by atoms with Gasteiger partial charge in [-0.1, -0.05) is 0 Å². The zero-order valence-electron chi connectivity index (χ0n) is 11.3. The molecule has 1 amide bonds. The van der Waals surface area contributed by atoms with E-state index in [2.05, 4.69) is 29.3 Å². The maximum absolute atomic E-state index is 11.4. The number of nitrogens with one attached hydrogen (secondary N) is 1. The molecule has 4 nitrogen and oxygen atoms in total. The van der Waals surface area contributed by atoms with Gasteiger partial charge < -0.3 is 15.3 Å². The average Bonchev–Trinajstić information content (AvgIpc) is 2.39. The Kier molecular flexibility index (Phi) is 3.19. The zero-order valence-corrected chi connectivity index (χ0v) is 11.3. The molecule has 0 spiro atoms. The van der Waals surface area contributed by atoms with Gasteiger partial charge in [-0.05, 0) is 49.4 Å². The van der Waals surface area contributed by atoms with Gasteiger partial charge in [-0.15, -0.1) is 0 Å². The second-order valence-corrected chi connectivity index (χ2v) is 5.56. The normalized spacial score (nSPS) is 20.1. The first-order chi connectivity index (χ1) is 9.13. The van der Waals surface area contributed by atoms with Crippen LogP contribution in [0.3, 0.4) is 0 Å². The van der Waals surface area contributed by atoms with Gasteiger partial charge in [-0.25, -0.2) is 0 Å². The highest BCUT2D eigenvalue weighted by Gasteiger charge is 2.21. The number of benzene rings is 1. The average molecular weight is 260 g/mol. The minimum absolute atomic E-state index is 0.112. The van der Waals surface area contributed by atoms with Crippen molar-refractivity contribution in [3.05, 3.63) is 23.3 Å². The Bertz CT molecular complexity index is 505. The quantitative estimate of drug-likeness (QED) is 0.810. The fourth-order valence-corrected chi connectivity index (χ4v) is 2.97. The maximum Gasteiger partial charge on any atom is 0.224 e. The van der Waals surface area contributed by atoms with Gasteiger partial charge in [0, 0.05) is 30.9 Å². The van der Waals surface area contributed by atoms with Crippen molar-refractivity contribution in [1.82, 2.24) is 0 Å². The summed E-state index contributed by atoms with van der Waals surface area (Å²) in [7, 11) is 0. The summed E-state index contributed by atoms with van der Waals surface area (Å²) in [6, 6.07) is 4.29. The van der Waals surface area contributed by atoms with Gasteiger partial charge in [0.05, 0.1) is 6.10 Å². The monoisotopic (exact) mass is 260 g/mol. The summed E-state index contributed by atoms with van der Waals surface area (Å²) in [4.78, 5) is 13.8. The number of hydrogen-bond donors (Lipinski definition) is 2. The van der Waals surface area contributed by atoms with Crippen molar-refractivity contribution in [1.29, 1.82) is 0 Å². The molecule has 0 bridgehead atoms. The van der Waals surface area contributed by atoms with Crippen molar-refractivity contribution in [3.8, 4) is 0 Å². The number of rotatable bonds is 1. The molecule has 3 rings (SSSR count). The summed E-state index contributed by atoms with van der Waals surface area (Å²) in [6.07, 6.45) is 2.94. The van der Waals surface area contributed by atoms with Crippen LogP contribution < -0.4 is 10.2 Å². The van der Waals surface area contributed by atoms with Gasteiger partial charge in [-0.2, -0.15) is 0 Å². The number of aliphatic hydroxyl groups is 1. The van der Waals surface area contributed by atoms with E-state index in [4.69, 9.17) is 0 Å². The molecular weight excluding hydrogens is 240 g/mol. The highest BCUT2D eigenvalue weighted by Crippen LogP contribution is 2.32. The van der Waals surface area contributed by atoms with Crippen LogP contribution in [0, 0.1) is 6.92 Å². The summed E-state index contributed by atoms with van der Waals surface area (Å²) in [5.74, 6) is 0.112. The first-order valence-corrected chi connectivity index (χ1v) is 7.00. The van der Waals surface area contributed by atoms with Crippen LogP contribution in [0.2, 0.25) is 0 Å². The molecule has 0 aromatic heterocycles. The minimum Gasteiger partial charge on any atom is -0.393 e. The van der Waals surface area contributed by atoms with Gasteiger partial charge >= 0.3 is 0 Å². The van der Waals surface area contributed by atoms with E-state index in [1.165, 1.54) is 16.8 Å². The summed E-state index contributed by atoms with van der Waals surface area (Å²) >= 11 is 0. The third-order valence-electron chi connectivity index (χ3n) is 4.12. The van der Waals surface area contributed by atoms with E-state index in [1.54, 1.807) is 0 Å². The van der Waals surface area contributed by atoms with Crippen molar-refractivity contribution in [2.45, 2.75) is 38.7 Å². The maximum atomic E-state index is 11.4. The van der Waals surface area contributed by atoms with E-state index < -0.39 is 0 Å². The molecule has 0 atom stereocenters. The predicted octanol–water partition coefficient (Wildman–Crippen LogP) is 1.84. The molecule has 2 aliphatic rings. The van der Waals surface area contributed by atoms with E-state index in [1.807, 2.05) is 0 Å². The first kappa shape index (κ1) is 12.5. The van der Waals surface area contributed by atoms with E-state index in [0.29, 0.717) is 6.42 Å². The molecule has 0 aliphatic carbocycles. The molecule has 1 fully saturated rings. The minimum atomic E-state index is -0.145. The summed E-state index contributed by atoms with van der Waals surface area (Å²) < 4.78 is 0. The Morgan fingerprint density at radius 3 is 2.74 bits per heavy atom. The predicted molar refractivity (Wildman–Crippen MR) is 75.6 cm³/mol. The largest absolute Gasteiger partial charge is 0.393 e. The second-order valence-electron chi connectivity index (χ2n) is 5.56. The van der Waals surface area contributed by atoms with Crippen LogP contribution in [0.15, 0.2) is 12.1 Å². The third kappa shape index (κ3) is 2.45. The highest BCUT2D eigenvalue weighted by atomic mass is 16.3. The third-order valence-corrected chi connectivity index (χ3v) is 4.12. The lowest BCUT2D eigenvalue weighted by atomic mass is 9.98. The lowest BCUT2D eigenvalue weighted by Crippen LogP contribution is -2.36. The molecule has 102 valence electrons. The number of nitrogens with zero attached hydrogens (tertiary/aromatic N) is 1. The number of carbonyl (C=O) groups is 1. The fraction of sp³-hybridized carbons (Fsp3) is 0.533. The molecule has 4 heteroatoms. The van der Waals surface area contributed by atoms with Crippen LogP contribution in [0.25, 0.3) is 0 Å². The van der Waals surface area contributed by atoms with Crippen LogP contribution in [0.1, 0.15) is 30.4 Å². The lowest BCUT2D eigenvalue weighted by molar-refractivity contribution is -0.116. The molecule has 2 heterocycles. The summed E-state index contributed by atoms with van der Waals surface area (Å²) in [5, 5.41) is 12.5. The Hall–Kier alpha value is -1.55. The molecule has 1 aromatic rings. The number of amides is 1. The number of aliphatic hydroxyl groups excluding tert-OH is 1. The van der Waals surface area contributed by atoms with Gasteiger partial charge in [0.15, 0.2) is 0 Å².